The number of carbonyl (C=O) groups excluding carboxylic acids is 1. The van der Waals surface area contributed by atoms with Crippen molar-refractivity contribution in [2.45, 2.75) is 18.9 Å². The second kappa shape index (κ2) is 7.92. The summed E-state index contributed by atoms with van der Waals surface area (Å²) in [5, 5.41) is 10.3. The molecule has 4 heterocycles. The number of anilines is 3. The van der Waals surface area contributed by atoms with Gasteiger partial charge in [0, 0.05) is 31.0 Å². The molecule has 0 saturated carbocycles. The molecule has 1 saturated heterocycles. The highest BCUT2D eigenvalue weighted by Gasteiger charge is 2.22. The van der Waals surface area contributed by atoms with Crippen molar-refractivity contribution in [1.29, 1.82) is 0 Å². The van der Waals surface area contributed by atoms with Crippen molar-refractivity contribution in [1.82, 2.24) is 24.5 Å². The Morgan fingerprint density at radius 3 is 3.03 bits per heavy atom. The first-order chi connectivity index (χ1) is 14.1. The summed E-state index contributed by atoms with van der Waals surface area (Å²) >= 11 is 0. The van der Waals surface area contributed by atoms with E-state index in [4.69, 9.17) is 10.5 Å². The van der Waals surface area contributed by atoms with Crippen molar-refractivity contribution in [3.05, 3.63) is 36.3 Å². The molecule has 1 amide bonds. The molecular weight excluding hydrogens is 372 g/mol. The van der Waals surface area contributed by atoms with Crippen molar-refractivity contribution >= 4 is 28.9 Å². The van der Waals surface area contributed by atoms with Crippen LogP contribution >= 0.6 is 0 Å². The lowest BCUT2D eigenvalue weighted by atomic mass is 10.2. The molecule has 0 bridgehead atoms. The zero-order chi connectivity index (χ0) is 20.4. The number of aromatic nitrogens is 4. The summed E-state index contributed by atoms with van der Waals surface area (Å²) in [6.45, 7) is 1.90. The van der Waals surface area contributed by atoms with Crippen LogP contribution in [0.25, 0.3) is 5.65 Å². The fourth-order valence-corrected chi connectivity index (χ4v) is 3.56. The van der Waals surface area contributed by atoms with E-state index in [1.54, 1.807) is 18.5 Å². The number of ether oxygens (including phenoxy) is 1. The zero-order valence-electron chi connectivity index (χ0n) is 16.4. The Morgan fingerprint density at radius 1 is 1.41 bits per heavy atom. The van der Waals surface area contributed by atoms with Crippen LogP contribution in [0.5, 0.6) is 5.75 Å². The van der Waals surface area contributed by atoms with Crippen molar-refractivity contribution in [3.63, 3.8) is 0 Å². The Bertz CT molecular complexity index is 1030. The summed E-state index contributed by atoms with van der Waals surface area (Å²) < 4.78 is 6.75. The predicted molar refractivity (Wildman–Crippen MR) is 110 cm³/mol. The summed E-state index contributed by atoms with van der Waals surface area (Å²) in [5.74, 6) is 0.847. The first-order valence-electron chi connectivity index (χ1n) is 9.45. The molecular formula is C19H24N8O2. The average molecular weight is 396 g/mol. The second-order valence-electron chi connectivity index (χ2n) is 7.03. The molecule has 1 aliphatic heterocycles. The second-order valence-corrected chi connectivity index (χ2v) is 7.03. The lowest BCUT2D eigenvalue weighted by Gasteiger charge is -2.19. The Labute approximate surface area is 168 Å². The van der Waals surface area contributed by atoms with Crippen LogP contribution in [0.15, 0.2) is 30.7 Å². The Morgan fingerprint density at radius 2 is 2.28 bits per heavy atom. The van der Waals surface area contributed by atoms with Gasteiger partial charge in [0.1, 0.15) is 22.8 Å². The topological polar surface area (TPSA) is 123 Å². The number of rotatable bonds is 6. The van der Waals surface area contributed by atoms with Gasteiger partial charge in [0.15, 0.2) is 11.5 Å². The van der Waals surface area contributed by atoms with E-state index in [0.717, 1.165) is 19.5 Å². The highest BCUT2D eigenvalue weighted by molar-refractivity contribution is 6.12. The van der Waals surface area contributed by atoms with Gasteiger partial charge in [-0.25, -0.2) is 9.50 Å². The van der Waals surface area contributed by atoms with Crippen molar-refractivity contribution in [2.75, 3.05) is 43.6 Å². The van der Waals surface area contributed by atoms with Gasteiger partial charge < -0.3 is 26.0 Å². The fourth-order valence-electron chi connectivity index (χ4n) is 3.56. The summed E-state index contributed by atoms with van der Waals surface area (Å²) in [6, 6.07) is 3.96. The third-order valence-electron chi connectivity index (χ3n) is 5.18. The molecule has 3 aromatic rings. The highest BCUT2D eigenvalue weighted by Crippen LogP contribution is 2.25. The quantitative estimate of drug-likeness (QED) is 0.572. The zero-order valence-corrected chi connectivity index (χ0v) is 16.4. The minimum absolute atomic E-state index is 0.102. The number of hydrogen-bond acceptors (Lipinski definition) is 8. The Kier molecular flexibility index (Phi) is 5.17. The lowest BCUT2D eigenvalue weighted by Crippen LogP contribution is -2.31. The number of hydrogen-bond donors (Lipinski definition) is 3. The maximum Gasteiger partial charge on any atom is 0.263 e. The summed E-state index contributed by atoms with van der Waals surface area (Å²) in [7, 11) is 3.65. The Hall–Kier alpha value is -3.40. The van der Waals surface area contributed by atoms with Crippen molar-refractivity contribution < 1.29 is 9.53 Å². The van der Waals surface area contributed by atoms with Gasteiger partial charge in [-0.1, -0.05) is 0 Å². The van der Waals surface area contributed by atoms with Crippen LogP contribution < -0.4 is 21.1 Å². The van der Waals surface area contributed by atoms with Gasteiger partial charge in [-0.3, -0.25) is 9.78 Å². The van der Waals surface area contributed by atoms with Gasteiger partial charge in [0.05, 0.1) is 13.3 Å². The number of likely N-dealkylation sites (tertiary alicyclic amines) is 1. The molecule has 0 aliphatic carbocycles. The van der Waals surface area contributed by atoms with E-state index in [0.29, 0.717) is 28.9 Å². The van der Waals surface area contributed by atoms with Crippen LogP contribution in [-0.4, -0.2) is 63.7 Å². The molecule has 0 radical (unpaired) electrons. The van der Waals surface area contributed by atoms with E-state index >= 15 is 0 Å². The minimum Gasteiger partial charge on any atom is -0.494 e. The molecule has 3 aromatic heterocycles. The van der Waals surface area contributed by atoms with E-state index in [-0.39, 0.29) is 11.4 Å². The van der Waals surface area contributed by atoms with Crippen LogP contribution in [0.3, 0.4) is 0 Å². The molecule has 1 atom stereocenters. The standard InChI is InChI=1S/C19H24N8O2/c1-26-8-3-4-12(26)10-22-15-6-9-27-18(24-15)16(17(20)25-27)19(28)23-13-11-21-7-5-14(13)29-2/h5-7,9,11-12H,3-4,8,10H2,1-2H3,(H2,20,25)(H,22,24)(H,23,28). The molecule has 10 heteroatoms. The van der Waals surface area contributed by atoms with E-state index < -0.39 is 5.91 Å². The average Bonchev–Trinajstić information content (AvgIpc) is 3.28. The number of amides is 1. The molecule has 29 heavy (non-hydrogen) atoms. The maximum atomic E-state index is 12.9. The first-order valence-corrected chi connectivity index (χ1v) is 9.45. The summed E-state index contributed by atoms with van der Waals surface area (Å²) in [6.07, 6.45) is 7.19. The van der Waals surface area contributed by atoms with Crippen LogP contribution in [-0.2, 0) is 0 Å². The highest BCUT2D eigenvalue weighted by atomic mass is 16.5. The van der Waals surface area contributed by atoms with Gasteiger partial charge in [-0.15, -0.1) is 5.10 Å². The largest absolute Gasteiger partial charge is 0.494 e. The maximum absolute atomic E-state index is 12.9. The number of methoxy groups -OCH3 is 1. The van der Waals surface area contributed by atoms with Crippen LogP contribution in [0.2, 0.25) is 0 Å². The summed E-state index contributed by atoms with van der Waals surface area (Å²) in [4.78, 5) is 23.8. The molecule has 0 aromatic carbocycles. The molecule has 1 unspecified atom stereocenters. The number of nitrogens with two attached hydrogens (primary N) is 1. The van der Waals surface area contributed by atoms with Crippen LogP contribution in [0, 0.1) is 0 Å². The monoisotopic (exact) mass is 396 g/mol. The fraction of sp³-hybridized carbons (Fsp3) is 0.368. The number of carbonyl (C=O) groups is 1. The number of pyridine rings is 1. The van der Waals surface area contributed by atoms with Gasteiger partial charge >= 0.3 is 0 Å². The molecule has 1 aliphatic rings. The van der Waals surface area contributed by atoms with Crippen LogP contribution in [0.4, 0.5) is 17.3 Å². The van der Waals surface area contributed by atoms with E-state index in [1.165, 1.54) is 24.2 Å². The predicted octanol–water partition coefficient (Wildman–Crippen LogP) is 1.47. The SMILES string of the molecule is COc1ccncc1NC(=O)c1c(N)nn2ccc(NCC3CCCN3C)nc12. The van der Waals surface area contributed by atoms with Gasteiger partial charge in [-0.05, 0) is 32.5 Å². The number of likely N-dealkylation sites (N-methyl/N-ethyl adjacent to an activating group) is 1. The van der Waals surface area contributed by atoms with E-state index in [2.05, 4.69) is 37.6 Å². The first kappa shape index (κ1) is 18.9. The van der Waals surface area contributed by atoms with E-state index in [9.17, 15) is 4.79 Å². The summed E-state index contributed by atoms with van der Waals surface area (Å²) in [5.41, 5.74) is 7.04. The number of nitrogens with zero attached hydrogens (tertiary/aromatic N) is 5. The van der Waals surface area contributed by atoms with Crippen molar-refractivity contribution in [2.24, 2.45) is 0 Å². The van der Waals surface area contributed by atoms with Gasteiger partial charge in [0.25, 0.3) is 5.91 Å². The number of nitrogens with one attached hydrogen (secondary N) is 2. The van der Waals surface area contributed by atoms with Crippen molar-refractivity contribution in [3.8, 4) is 5.75 Å². The smallest absolute Gasteiger partial charge is 0.263 e. The normalized spacial score (nSPS) is 16.8. The minimum atomic E-state index is -0.427. The van der Waals surface area contributed by atoms with E-state index in [1.807, 2.05) is 6.07 Å². The van der Waals surface area contributed by atoms with Gasteiger partial charge in [-0.2, -0.15) is 0 Å². The molecule has 0 spiro atoms. The molecule has 4 rings (SSSR count). The lowest BCUT2D eigenvalue weighted by molar-refractivity contribution is 0.102. The number of fused-ring (bicyclic) bond motifs is 1. The third kappa shape index (κ3) is 3.79. The Balaban J connectivity index is 1.58. The molecule has 10 nitrogen and oxygen atoms in total. The number of nitrogen functional groups attached to an aromatic ring is 1. The molecule has 4 N–H and O–H groups in total. The van der Waals surface area contributed by atoms with Gasteiger partial charge in [0.2, 0.25) is 0 Å². The van der Waals surface area contributed by atoms with Crippen LogP contribution in [0.1, 0.15) is 23.2 Å². The molecule has 1 fully saturated rings. The third-order valence-corrected chi connectivity index (χ3v) is 5.18. The molecule has 152 valence electrons.